The van der Waals surface area contributed by atoms with Gasteiger partial charge in [0.2, 0.25) is 0 Å². The third-order valence-corrected chi connectivity index (χ3v) is 4.22. The Balaban J connectivity index is 0.00000220. The number of rotatable bonds is 8. The van der Waals surface area contributed by atoms with Gasteiger partial charge in [-0.15, -0.1) is 0 Å². The van der Waals surface area contributed by atoms with Gasteiger partial charge in [0.25, 0.3) is 0 Å². The smallest absolute Gasteiger partial charge is 0 e. The Bertz CT molecular complexity index is 530. The fourth-order valence-electron chi connectivity index (χ4n) is 3.03. The molecule has 0 heterocycles. The van der Waals surface area contributed by atoms with Gasteiger partial charge in [-0.3, -0.25) is 0 Å². The van der Waals surface area contributed by atoms with Gasteiger partial charge >= 0.3 is 0 Å². The molecule has 0 saturated carbocycles. The normalized spacial score (nSPS) is 10.6. The molecule has 0 unspecified atom stereocenters. The maximum Gasteiger partial charge on any atom is 0 e. The van der Waals surface area contributed by atoms with Crippen LogP contribution in [0.25, 0.3) is 10.8 Å². The van der Waals surface area contributed by atoms with E-state index in [1.54, 1.807) is 11.1 Å². The van der Waals surface area contributed by atoms with Crippen LogP contribution in [-0.2, 0) is 12.8 Å². The number of fused-ring (bicyclic) bond motifs is 1. The average Bonchev–Trinajstić information content (AvgIpc) is 2.49. The first-order chi connectivity index (χ1) is 9.86. The first kappa shape index (κ1) is 18.7. The molecule has 1 radical (unpaired) electrons. The number of benzene rings is 2. The van der Waals surface area contributed by atoms with Crippen LogP contribution < -0.4 is 0 Å². The van der Waals surface area contributed by atoms with Crippen molar-refractivity contribution in [2.75, 3.05) is 0 Å². The minimum atomic E-state index is 0. The van der Waals surface area contributed by atoms with Gasteiger partial charge in [-0.05, 0) is 47.6 Å². The molecule has 0 saturated heterocycles. The van der Waals surface area contributed by atoms with Gasteiger partial charge in [-0.1, -0.05) is 75.9 Å². The van der Waals surface area contributed by atoms with Crippen molar-refractivity contribution in [3.05, 3.63) is 47.5 Å². The van der Waals surface area contributed by atoms with Crippen molar-refractivity contribution in [1.29, 1.82) is 0 Å². The molecule has 2 aromatic carbocycles. The quantitative estimate of drug-likeness (QED) is 0.418. The second-order valence-corrected chi connectivity index (χ2v) is 5.84. The molecule has 0 bridgehead atoms. The van der Waals surface area contributed by atoms with Gasteiger partial charge in [-0.25, -0.2) is 0 Å². The summed E-state index contributed by atoms with van der Waals surface area (Å²) in [7, 11) is 0. The second kappa shape index (κ2) is 10.4. The van der Waals surface area contributed by atoms with Gasteiger partial charge in [0.1, 0.15) is 0 Å². The van der Waals surface area contributed by atoms with Crippen molar-refractivity contribution >= 4 is 40.3 Å². The zero-order chi connectivity index (χ0) is 14.2. The maximum absolute atomic E-state index is 2.37. The van der Waals surface area contributed by atoms with Gasteiger partial charge in [0.15, 0.2) is 0 Å². The molecule has 1 heteroatoms. The predicted octanol–water partition coefficient (Wildman–Crippen LogP) is 5.92. The van der Waals surface area contributed by atoms with E-state index >= 15 is 0 Å². The van der Waals surface area contributed by atoms with Crippen LogP contribution in [0.2, 0.25) is 0 Å². The molecule has 21 heavy (non-hydrogen) atoms. The number of hydrogen-bond acceptors (Lipinski definition) is 0. The van der Waals surface area contributed by atoms with E-state index in [0.29, 0.717) is 0 Å². The first-order valence-corrected chi connectivity index (χ1v) is 8.36. The molecular weight excluding hydrogens is 263 g/mol. The largest absolute Gasteiger partial charge is 0.0654 e. The van der Waals surface area contributed by atoms with Crippen molar-refractivity contribution in [1.82, 2.24) is 0 Å². The zero-order valence-electron chi connectivity index (χ0n) is 14.1. The first-order valence-electron chi connectivity index (χ1n) is 8.36. The summed E-state index contributed by atoms with van der Waals surface area (Å²) >= 11 is 0. The van der Waals surface area contributed by atoms with Crippen LogP contribution in [0, 0.1) is 0 Å². The molecule has 0 nitrogen and oxygen atoms in total. The molecule has 0 spiro atoms. The Kier molecular flexibility index (Phi) is 9.31. The summed E-state index contributed by atoms with van der Waals surface area (Å²) in [6.07, 6.45) is 10.4. The number of aryl methyl sites for hydroxylation is 2. The minimum absolute atomic E-state index is 0. The molecule has 2 aromatic rings. The van der Waals surface area contributed by atoms with Crippen molar-refractivity contribution in [3.63, 3.8) is 0 Å². The molecule has 0 aliphatic heterocycles. The Morgan fingerprint density at radius 1 is 0.714 bits per heavy atom. The van der Waals surface area contributed by atoms with Crippen LogP contribution in [0.4, 0.5) is 0 Å². The number of unbranched alkanes of at least 4 members (excludes halogenated alkanes) is 4. The maximum atomic E-state index is 2.37. The summed E-state index contributed by atoms with van der Waals surface area (Å²) in [6, 6.07) is 13.6. The van der Waals surface area contributed by atoms with E-state index < -0.39 is 0 Å². The molecule has 0 atom stereocenters. The Labute approximate surface area is 152 Å². The van der Waals surface area contributed by atoms with Crippen molar-refractivity contribution in [2.24, 2.45) is 0 Å². The summed E-state index contributed by atoms with van der Waals surface area (Å²) in [4.78, 5) is 0. The topological polar surface area (TPSA) is 0 Å². The van der Waals surface area contributed by atoms with Gasteiger partial charge in [0, 0.05) is 29.6 Å². The average molecular weight is 291 g/mol. The summed E-state index contributed by atoms with van der Waals surface area (Å²) < 4.78 is 0. The molecule has 0 fully saturated rings. The second-order valence-electron chi connectivity index (χ2n) is 5.84. The molecule has 109 valence electrons. The molecule has 2 rings (SSSR count). The third-order valence-electron chi connectivity index (χ3n) is 4.22. The summed E-state index contributed by atoms with van der Waals surface area (Å²) in [5, 5.41) is 2.89. The minimum Gasteiger partial charge on any atom is -0.0654 e. The Hall–Kier alpha value is -0.300. The SMILES string of the molecule is CCCCCc1ccc2ccccc2c1CCCCC.[Na]. The summed E-state index contributed by atoms with van der Waals surface area (Å²) in [5.41, 5.74) is 3.21. The van der Waals surface area contributed by atoms with Crippen LogP contribution in [0.3, 0.4) is 0 Å². The Morgan fingerprint density at radius 2 is 1.38 bits per heavy atom. The zero-order valence-corrected chi connectivity index (χ0v) is 16.1. The van der Waals surface area contributed by atoms with E-state index in [1.807, 2.05) is 0 Å². The monoisotopic (exact) mass is 291 g/mol. The van der Waals surface area contributed by atoms with Crippen LogP contribution >= 0.6 is 0 Å². The molecule has 0 aliphatic carbocycles. The van der Waals surface area contributed by atoms with Crippen LogP contribution in [0.5, 0.6) is 0 Å². The van der Waals surface area contributed by atoms with E-state index in [1.165, 1.54) is 62.1 Å². The van der Waals surface area contributed by atoms with E-state index in [2.05, 4.69) is 50.2 Å². The van der Waals surface area contributed by atoms with E-state index in [0.717, 1.165) is 0 Å². The van der Waals surface area contributed by atoms with Crippen LogP contribution in [0.15, 0.2) is 36.4 Å². The predicted molar refractivity (Wildman–Crippen MR) is 96.2 cm³/mol. The van der Waals surface area contributed by atoms with E-state index in [9.17, 15) is 0 Å². The Morgan fingerprint density at radius 3 is 2.10 bits per heavy atom. The summed E-state index contributed by atoms with van der Waals surface area (Å²) in [6.45, 7) is 4.56. The molecule has 0 N–H and O–H groups in total. The van der Waals surface area contributed by atoms with Gasteiger partial charge in [0.05, 0.1) is 0 Å². The van der Waals surface area contributed by atoms with E-state index in [-0.39, 0.29) is 29.6 Å². The number of hydrogen-bond donors (Lipinski definition) is 0. The van der Waals surface area contributed by atoms with Gasteiger partial charge in [-0.2, -0.15) is 0 Å². The van der Waals surface area contributed by atoms with Crippen LogP contribution in [-0.4, -0.2) is 29.6 Å². The molecular formula is C20H28Na. The van der Waals surface area contributed by atoms with Crippen molar-refractivity contribution in [3.8, 4) is 0 Å². The molecule has 0 amide bonds. The van der Waals surface area contributed by atoms with Gasteiger partial charge < -0.3 is 0 Å². The summed E-state index contributed by atoms with van der Waals surface area (Å²) in [5.74, 6) is 0. The van der Waals surface area contributed by atoms with Crippen LogP contribution in [0.1, 0.15) is 63.5 Å². The van der Waals surface area contributed by atoms with Crippen molar-refractivity contribution < 1.29 is 0 Å². The third kappa shape index (κ3) is 5.43. The van der Waals surface area contributed by atoms with Crippen molar-refractivity contribution in [2.45, 2.75) is 65.2 Å². The fourth-order valence-corrected chi connectivity index (χ4v) is 3.03. The molecule has 0 aliphatic rings. The molecule has 0 aromatic heterocycles. The van der Waals surface area contributed by atoms with E-state index in [4.69, 9.17) is 0 Å². The standard InChI is InChI=1S/C20H28.Na/c1-3-5-7-11-17-15-16-18-12-9-10-14-20(18)19(17)13-8-6-4-2;/h9-10,12,14-16H,3-8,11,13H2,1-2H3;. The fraction of sp³-hybridized carbons (Fsp3) is 0.500.